The molecule has 5 rings (SSSR count). The van der Waals surface area contributed by atoms with E-state index in [1.165, 1.54) is 6.07 Å². The van der Waals surface area contributed by atoms with Crippen molar-refractivity contribution >= 4 is 5.69 Å². The Balaban J connectivity index is 1.54. The number of nitro benzene ring substituents is 1. The van der Waals surface area contributed by atoms with Crippen molar-refractivity contribution in [1.82, 2.24) is 14.5 Å². The Hall–Kier alpha value is -4.17. The Morgan fingerprint density at radius 1 is 1.03 bits per heavy atom. The predicted octanol–water partition coefficient (Wildman–Crippen LogP) is 4.80. The summed E-state index contributed by atoms with van der Waals surface area (Å²) in [5, 5.41) is 11.1. The number of non-ortho nitro benzene ring substituents is 1. The van der Waals surface area contributed by atoms with Crippen LogP contribution in [0.4, 0.5) is 10.1 Å². The van der Waals surface area contributed by atoms with E-state index in [9.17, 15) is 19.3 Å². The third-order valence-corrected chi connectivity index (χ3v) is 6.64. The van der Waals surface area contributed by atoms with Crippen molar-refractivity contribution in [3.8, 4) is 0 Å². The highest BCUT2D eigenvalue weighted by molar-refractivity contribution is 5.37. The molecule has 4 aromatic rings. The highest BCUT2D eigenvalue weighted by Gasteiger charge is 2.27. The van der Waals surface area contributed by atoms with Crippen molar-refractivity contribution < 1.29 is 9.31 Å². The summed E-state index contributed by atoms with van der Waals surface area (Å²) in [6.45, 7) is 2.89. The molecule has 3 aromatic carbocycles. The fourth-order valence-electron chi connectivity index (χ4n) is 4.90. The molecule has 0 bridgehead atoms. The summed E-state index contributed by atoms with van der Waals surface area (Å²) in [6, 6.07) is 22.9. The molecule has 0 unspecified atom stereocenters. The van der Waals surface area contributed by atoms with E-state index < -0.39 is 10.7 Å². The number of benzene rings is 3. The van der Waals surface area contributed by atoms with Gasteiger partial charge in [-0.1, -0.05) is 60.7 Å². The maximum Gasteiger partial charge on any atom is 0.269 e. The third kappa shape index (κ3) is 4.55. The van der Waals surface area contributed by atoms with Gasteiger partial charge in [0.2, 0.25) is 0 Å². The summed E-state index contributed by atoms with van der Waals surface area (Å²) in [5.74, 6) is 0.133. The average Bonchev–Trinajstić information content (AvgIpc) is 2.89. The van der Waals surface area contributed by atoms with Gasteiger partial charge in [-0.25, -0.2) is 9.37 Å². The molecule has 1 aliphatic heterocycles. The van der Waals surface area contributed by atoms with E-state index in [2.05, 4.69) is 0 Å². The SMILES string of the molecule is Cc1nc2c(c(=O)n1C(c1ccccc1)c1ccccc1)CN(Cc1cc([N+](=O)[O-])ccc1F)CC2. The smallest absolute Gasteiger partial charge is 0.269 e. The van der Waals surface area contributed by atoms with E-state index >= 15 is 0 Å². The predicted molar refractivity (Wildman–Crippen MR) is 134 cm³/mol. The van der Waals surface area contributed by atoms with E-state index in [1.54, 1.807) is 4.57 Å². The van der Waals surface area contributed by atoms with Crippen LogP contribution >= 0.6 is 0 Å². The number of fused-ring (bicyclic) bond motifs is 1. The molecule has 0 saturated heterocycles. The van der Waals surface area contributed by atoms with Crippen LogP contribution in [-0.2, 0) is 19.5 Å². The highest BCUT2D eigenvalue weighted by atomic mass is 19.1. The van der Waals surface area contributed by atoms with Crippen LogP contribution in [0.5, 0.6) is 0 Å². The van der Waals surface area contributed by atoms with Crippen molar-refractivity contribution in [3.05, 3.63) is 139 Å². The highest BCUT2D eigenvalue weighted by Crippen LogP contribution is 2.28. The zero-order chi connectivity index (χ0) is 25.2. The number of aromatic nitrogens is 2. The van der Waals surface area contributed by atoms with E-state index in [0.29, 0.717) is 30.9 Å². The lowest BCUT2D eigenvalue weighted by Crippen LogP contribution is -2.40. The maximum atomic E-state index is 14.4. The Morgan fingerprint density at radius 2 is 1.67 bits per heavy atom. The van der Waals surface area contributed by atoms with Gasteiger partial charge >= 0.3 is 0 Å². The van der Waals surface area contributed by atoms with Crippen LogP contribution in [0.15, 0.2) is 83.7 Å². The topological polar surface area (TPSA) is 81.3 Å². The molecule has 0 aliphatic carbocycles. The molecule has 2 heterocycles. The number of halogens is 1. The second-order valence-corrected chi connectivity index (χ2v) is 8.98. The first-order chi connectivity index (χ1) is 17.4. The lowest BCUT2D eigenvalue weighted by atomic mass is 9.97. The molecule has 0 N–H and O–H groups in total. The molecular formula is C28H25FN4O3. The van der Waals surface area contributed by atoms with Gasteiger partial charge < -0.3 is 0 Å². The first kappa shape index (κ1) is 23.6. The second kappa shape index (κ2) is 9.83. The minimum atomic E-state index is -0.535. The Bertz CT molecular complexity index is 1430. The minimum Gasteiger partial charge on any atom is -0.294 e. The number of hydrogen-bond acceptors (Lipinski definition) is 5. The van der Waals surface area contributed by atoms with Gasteiger partial charge in [-0.15, -0.1) is 0 Å². The molecule has 182 valence electrons. The Morgan fingerprint density at radius 3 is 2.28 bits per heavy atom. The number of nitro groups is 1. The molecule has 0 amide bonds. The molecule has 0 fully saturated rings. The number of hydrogen-bond donors (Lipinski definition) is 0. The first-order valence-electron chi connectivity index (χ1n) is 11.8. The van der Waals surface area contributed by atoms with Crippen LogP contribution in [0, 0.1) is 22.9 Å². The van der Waals surface area contributed by atoms with Crippen molar-refractivity contribution in [2.75, 3.05) is 6.54 Å². The fraction of sp³-hybridized carbons (Fsp3) is 0.214. The van der Waals surface area contributed by atoms with Gasteiger partial charge in [0, 0.05) is 43.8 Å². The maximum absolute atomic E-state index is 14.4. The molecule has 0 spiro atoms. The summed E-state index contributed by atoms with van der Waals surface area (Å²) in [6.07, 6.45) is 0.546. The molecule has 36 heavy (non-hydrogen) atoms. The zero-order valence-corrected chi connectivity index (χ0v) is 19.8. The molecular weight excluding hydrogens is 459 g/mol. The lowest BCUT2D eigenvalue weighted by molar-refractivity contribution is -0.385. The fourth-order valence-corrected chi connectivity index (χ4v) is 4.90. The largest absolute Gasteiger partial charge is 0.294 e. The van der Waals surface area contributed by atoms with Gasteiger partial charge in [-0.3, -0.25) is 24.4 Å². The van der Waals surface area contributed by atoms with Gasteiger partial charge in [0.05, 0.1) is 22.2 Å². The molecule has 8 heteroatoms. The van der Waals surface area contributed by atoms with Crippen molar-refractivity contribution in [2.24, 2.45) is 0 Å². The van der Waals surface area contributed by atoms with Gasteiger partial charge in [0.25, 0.3) is 11.2 Å². The summed E-state index contributed by atoms with van der Waals surface area (Å²) >= 11 is 0. The van der Waals surface area contributed by atoms with Crippen LogP contribution in [0.1, 0.15) is 39.8 Å². The van der Waals surface area contributed by atoms with Crippen LogP contribution in [0.3, 0.4) is 0 Å². The van der Waals surface area contributed by atoms with E-state index in [4.69, 9.17) is 4.98 Å². The molecule has 0 radical (unpaired) electrons. The normalized spacial score (nSPS) is 13.5. The van der Waals surface area contributed by atoms with Crippen LogP contribution in [-0.4, -0.2) is 25.9 Å². The summed E-state index contributed by atoms with van der Waals surface area (Å²) in [5.41, 5.74) is 3.24. The second-order valence-electron chi connectivity index (χ2n) is 8.98. The molecule has 0 atom stereocenters. The number of aryl methyl sites for hydroxylation is 1. The zero-order valence-electron chi connectivity index (χ0n) is 19.8. The van der Waals surface area contributed by atoms with E-state index in [1.807, 2.05) is 72.5 Å². The van der Waals surface area contributed by atoms with Crippen LogP contribution in [0.25, 0.3) is 0 Å². The van der Waals surface area contributed by atoms with Gasteiger partial charge in [-0.2, -0.15) is 0 Å². The minimum absolute atomic E-state index is 0.126. The monoisotopic (exact) mass is 484 g/mol. The summed E-state index contributed by atoms with van der Waals surface area (Å²) in [7, 11) is 0. The van der Waals surface area contributed by atoms with Gasteiger partial charge in [0.1, 0.15) is 11.6 Å². The molecule has 7 nitrogen and oxygen atoms in total. The van der Waals surface area contributed by atoms with Gasteiger partial charge in [-0.05, 0) is 24.1 Å². The Labute approximate surface area is 207 Å². The van der Waals surface area contributed by atoms with Crippen molar-refractivity contribution in [3.63, 3.8) is 0 Å². The standard InChI is InChI=1S/C28H25FN4O3/c1-19-30-26-14-15-31(17-22-16-23(33(35)36)12-13-25(22)29)18-24(26)28(34)32(19)27(20-8-4-2-5-9-20)21-10-6-3-7-11-21/h2-13,16,27H,14-15,17-18H2,1H3. The summed E-state index contributed by atoms with van der Waals surface area (Å²) in [4.78, 5) is 31.3. The number of rotatable bonds is 6. The van der Waals surface area contributed by atoms with Crippen molar-refractivity contribution in [1.29, 1.82) is 0 Å². The van der Waals surface area contributed by atoms with Crippen molar-refractivity contribution in [2.45, 2.75) is 32.5 Å². The molecule has 1 aliphatic rings. The lowest BCUT2D eigenvalue weighted by Gasteiger charge is -2.30. The Kier molecular flexibility index (Phi) is 6.43. The van der Waals surface area contributed by atoms with E-state index in [-0.39, 0.29) is 29.4 Å². The van der Waals surface area contributed by atoms with E-state index in [0.717, 1.165) is 29.0 Å². The quantitative estimate of drug-likeness (QED) is 0.290. The summed E-state index contributed by atoms with van der Waals surface area (Å²) < 4.78 is 16.2. The molecule has 0 saturated carbocycles. The van der Waals surface area contributed by atoms with Crippen LogP contribution < -0.4 is 5.56 Å². The number of nitrogens with zero attached hydrogens (tertiary/aromatic N) is 4. The first-order valence-corrected chi connectivity index (χ1v) is 11.8. The van der Waals surface area contributed by atoms with Crippen LogP contribution in [0.2, 0.25) is 0 Å². The third-order valence-electron chi connectivity index (χ3n) is 6.64. The van der Waals surface area contributed by atoms with Gasteiger partial charge in [0.15, 0.2) is 0 Å². The molecule has 1 aromatic heterocycles. The average molecular weight is 485 g/mol.